The largest absolute Gasteiger partial charge is 0.495 e. The number of carbonyl (C=O) groups excluding carboxylic acids is 1. The first-order valence-electron chi connectivity index (χ1n) is 11.1. The third-order valence-corrected chi connectivity index (χ3v) is 7.57. The fourth-order valence-corrected chi connectivity index (χ4v) is 5.67. The van der Waals surface area contributed by atoms with Crippen molar-refractivity contribution in [1.29, 1.82) is 5.26 Å². The lowest BCUT2D eigenvalue weighted by Gasteiger charge is -2.30. The molecule has 0 bridgehead atoms. The van der Waals surface area contributed by atoms with Crippen molar-refractivity contribution in [3.8, 4) is 11.8 Å². The second kappa shape index (κ2) is 11.6. The fourth-order valence-electron chi connectivity index (χ4n) is 4.05. The van der Waals surface area contributed by atoms with E-state index >= 15 is 0 Å². The highest BCUT2D eigenvalue weighted by molar-refractivity contribution is 8.02. The van der Waals surface area contributed by atoms with Gasteiger partial charge in [-0.2, -0.15) is 5.26 Å². The van der Waals surface area contributed by atoms with Crippen molar-refractivity contribution >= 4 is 46.6 Å². The highest BCUT2D eigenvalue weighted by Crippen LogP contribution is 2.44. The summed E-state index contributed by atoms with van der Waals surface area (Å²) in [6.45, 7) is 1.82. The van der Waals surface area contributed by atoms with Crippen LogP contribution in [0.1, 0.15) is 24.0 Å². The molecule has 5 nitrogen and oxygen atoms in total. The first-order chi connectivity index (χ1) is 17.4. The number of anilines is 1. The summed E-state index contributed by atoms with van der Waals surface area (Å²) < 4.78 is 5.39. The molecule has 3 aromatic rings. The molecule has 0 aliphatic carbocycles. The molecule has 8 heteroatoms. The zero-order valence-electron chi connectivity index (χ0n) is 19.6. The van der Waals surface area contributed by atoms with E-state index in [2.05, 4.69) is 16.7 Å². The zero-order chi connectivity index (χ0) is 25.7. The van der Waals surface area contributed by atoms with E-state index in [4.69, 9.17) is 27.9 Å². The van der Waals surface area contributed by atoms with Gasteiger partial charge >= 0.3 is 0 Å². The molecule has 0 aromatic heterocycles. The van der Waals surface area contributed by atoms with Gasteiger partial charge in [0, 0.05) is 27.1 Å². The van der Waals surface area contributed by atoms with E-state index in [1.165, 1.54) is 11.8 Å². The maximum absolute atomic E-state index is 13.7. The Morgan fingerprint density at radius 3 is 2.42 bits per heavy atom. The quantitative estimate of drug-likeness (QED) is 0.332. The van der Waals surface area contributed by atoms with E-state index in [0.29, 0.717) is 54.7 Å². The molecule has 1 aliphatic rings. The third kappa shape index (κ3) is 5.39. The van der Waals surface area contributed by atoms with E-state index in [9.17, 15) is 10.1 Å². The number of methoxy groups -OCH3 is 1. The molecule has 0 spiro atoms. The van der Waals surface area contributed by atoms with Gasteiger partial charge in [-0.3, -0.25) is 4.79 Å². The monoisotopic (exact) mass is 535 g/mol. The molecule has 3 aromatic carbocycles. The van der Waals surface area contributed by atoms with Gasteiger partial charge in [0.2, 0.25) is 0 Å². The number of halogens is 2. The van der Waals surface area contributed by atoms with Crippen LogP contribution in [-0.2, 0) is 10.5 Å². The van der Waals surface area contributed by atoms with Crippen LogP contribution in [0.2, 0.25) is 10.0 Å². The van der Waals surface area contributed by atoms with Crippen molar-refractivity contribution in [3.05, 3.63) is 116 Å². The Bertz CT molecular complexity index is 1410. The van der Waals surface area contributed by atoms with Gasteiger partial charge in [-0.05, 0) is 42.3 Å². The van der Waals surface area contributed by atoms with Gasteiger partial charge in [0.1, 0.15) is 5.75 Å². The highest BCUT2D eigenvalue weighted by atomic mass is 35.5. The fraction of sp³-hybridized carbons (Fsp3) is 0.143. The third-order valence-electron chi connectivity index (χ3n) is 5.79. The number of ether oxygens (including phenoxy) is 1. The molecule has 0 saturated carbocycles. The maximum Gasteiger partial charge on any atom is 0.254 e. The first kappa shape index (κ1) is 25.7. The molecule has 1 unspecified atom stereocenters. The van der Waals surface area contributed by atoms with Gasteiger partial charge in [0.05, 0.1) is 35.4 Å². The molecule has 2 N–H and O–H groups in total. The summed E-state index contributed by atoms with van der Waals surface area (Å²) in [7, 11) is 1.54. The predicted molar refractivity (Wildman–Crippen MR) is 147 cm³/mol. The highest BCUT2D eigenvalue weighted by Gasteiger charge is 2.36. The van der Waals surface area contributed by atoms with Gasteiger partial charge in [-0.1, -0.05) is 71.7 Å². The zero-order valence-corrected chi connectivity index (χ0v) is 22.0. The second-order valence-electron chi connectivity index (χ2n) is 8.01. The van der Waals surface area contributed by atoms with Crippen molar-refractivity contribution in [1.82, 2.24) is 5.32 Å². The number of nitriles is 1. The van der Waals surface area contributed by atoms with Crippen LogP contribution in [0.25, 0.3) is 0 Å². The molecule has 1 atom stereocenters. The van der Waals surface area contributed by atoms with Crippen molar-refractivity contribution in [2.24, 2.45) is 0 Å². The smallest absolute Gasteiger partial charge is 0.254 e. The lowest BCUT2D eigenvalue weighted by atomic mass is 9.82. The van der Waals surface area contributed by atoms with E-state index in [0.717, 1.165) is 5.56 Å². The average molecular weight is 536 g/mol. The van der Waals surface area contributed by atoms with Crippen LogP contribution in [0, 0.1) is 11.3 Å². The van der Waals surface area contributed by atoms with Crippen LogP contribution < -0.4 is 15.4 Å². The van der Waals surface area contributed by atoms with Crippen molar-refractivity contribution in [3.63, 3.8) is 0 Å². The standard InChI is InChI=1S/C28H23Cl2N3O2S/c1-17-25(27(34)33-23-13-7-8-14-24(23)35-2)26(19-10-4-6-12-22(19)30)20(15-31)28(32-17)36-16-18-9-3-5-11-21(18)29/h3-14,26,32H,16H2,1-2H3,(H,33,34). The number of hydrogen-bond acceptors (Lipinski definition) is 5. The summed E-state index contributed by atoms with van der Waals surface area (Å²) in [6, 6.07) is 24.4. The molecule has 182 valence electrons. The number of nitrogens with one attached hydrogen (secondary N) is 2. The minimum Gasteiger partial charge on any atom is -0.495 e. The Morgan fingerprint density at radius 2 is 1.72 bits per heavy atom. The second-order valence-corrected chi connectivity index (χ2v) is 9.81. The number of hydrogen-bond donors (Lipinski definition) is 2. The lowest BCUT2D eigenvalue weighted by Crippen LogP contribution is -2.31. The first-order valence-corrected chi connectivity index (χ1v) is 12.9. The Hall–Kier alpha value is -3.37. The summed E-state index contributed by atoms with van der Waals surface area (Å²) in [4.78, 5) is 13.7. The molecule has 1 amide bonds. The number of nitrogens with zero attached hydrogens (tertiary/aromatic N) is 1. The summed E-state index contributed by atoms with van der Waals surface area (Å²) in [5, 5.41) is 18.3. The Morgan fingerprint density at radius 1 is 1.06 bits per heavy atom. The molecule has 4 rings (SSSR count). The Labute approximate surface area is 224 Å². The Kier molecular flexibility index (Phi) is 8.27. The molecule has 0 fully saturated rings. The molecule has 0 radical (unpaired) electrons. The van der Waals surface area contributed by atoms with Crippen molar-refractivity contribution in [2.45, 2.75) is 18.6 Å². The summed E-state index contributed by atoms with van der Waals surface area (Å²) >= 11 is 14.4. The summed E-state index contributed by atoms with van der Waals surface area (Å²) in [6.07, 6.45) is 0. The average Bonchev–Trinajstić information content (AvgIpc) is 2.88. The van der Waals surface area contributed by atoms with Crippen LogP contribution in [-0.4, -0.2) is 13.0 Å². The molecule has 36 heavy (non-hydrogen) atoms. The van der Waals surface area contributed by atoms with Gasteiger partial charge < -0.3 is 15.4 Å². The van der Waals surface area contributed by atoms with Crippen LogP contribution in [0.15, 0.2) is 94.7 Å². The molecule has 1 aliphatic heterocycles. The number of dihydropyridines is 1. The number of amides is 1. The summed E-state index contributed by atoms with van der Waals surface area (Å²) in [5.41, 5.74) is 3.62. The van der Waals surface area contributed by atoms with Crippen LogP contribution >= 0.6 is 35.0 Å². The van der Waals surface area contributed by atoms with Gasteiger partial charge in [-0.25, -0.2) is 0 Å². The van der Waals surface area contributed by atoms with Gasteiger partial charge in [0.15, 0.2) is 0 Å². The number of carbonyl (C=O) groups is 1. The minimum atomic E-state index is -0.659. The maximum atomic E-state index is 13.7. The van der Waals surface area contributed by atoms with Crippen molar-refractivity contribution in [2.75, 3.05) is 12.4 Å². The lowest BCUT2D eigenvalue weighted by molar-refractivity contribution is -0.113. The molecule has 1 heterocycles. The molecular weight excluding hydrogens is 513 g/mol. The van der Waals surface area contributed by atoms with Gasteiger partial charge in [-0.15, -0.1) is 11.8 Å². The van der Waals surface area contributed by atoms with E-state index in [1.807, 2.05) is 61.5 Å². The molecular formula is C28H23Cl2N3O2S. The van der Waals surface area contributed by atoms with Gasteiger partial charge in [0.25, 0.3) is 5.91 Å². The SMILES string of the molecule is COc1ccccc1NC(=O)C1=C(C)NC(SCc2ccccc2Cl)=C(C#N)C1c1ccccc1Cl. The van der Waals surface area contributed by atoms with Crippen LogP contribution in [0.4, 0.5) is 5.69 Å². The minimum absolute atomic E-state index is 0.350. The number of para-hydroxylation sites is 2. The number of rotatable bonds is 7. The topological polar surface area (TPSA) is 74.2 Å². The Balaban J connectivity index is 1.75. The summed E-state index contributed by atoms with van der Waals surface area (Å²) in [5.74, 6) is 0.0817. The molecule has 0 saturated heterocycles. The van der Waals surface area contributed by atoms with E-state index in [1.54, 1.807) is 25.3 Å². The van der Waals surface area contributed by atoms with E-state index in [-0.39, 0.29) is 5.91 Å². The number of thioether (sulfide) groups is 1. The normalized spacial score (nSPS) is 15.2. The van der Waals surface area contributed by atoms with Crippen LogP contribution in [0.3, 0.4) is 0 Å². The number of allylic oxidation sites excluding steroid dienone is 2. The predicted octanol–water partition coefficient (Wildman–Crippen LogP) is 7.27. The van der Waals surface area contributed by atoms with E-state index < -0.39 is 5.92 Å². The number of benzene rings is 3. The van der Waals surface area contributed by atoms with Crippen molar-refractivity contribution < 1.29 is 9.53 Å². The van der Waals surface area contributed by atoms with Crippen LogP contribution in [0.5, 0.6) is 5.75 Å².